The second-order valence-corrected chi connectivity index (χ2v) is 14.3. The normalized spacial score (nSPS) is 49.1. The van der Waals surface area contributed by atoms with E-state index in [1.807, 2.05) is 0 Å². The number of nitrogens with zero attached hydrogens (tertiary/aromatic N) is 2. The van der Waals surface area contributed by atoms with Gasteiger partial charge in [0, 0.05) is 12.3 Å². The Kier molecular flexibility index (Phi) is 5.31. The zero-order valence-corrected chi connectivity index (χ0v) is 21.3. The number of hydrogen-bond acceptors (Lipinski definition) is 0. The van der Waals surface area contributed by atoms with Crippen LogP contribution < -0.4 is 0 Å². The maximum absolute atomic E-state index is 2.74. The van der Waals surface area contributed by atoms with Crippen molar-refractivity contribution in [2.24, 2.45) is 40.4 Å². The molecule has 9 atom stereocenters. The second kappa shape index (κ2) is 6.96. The van der Waals surface area contributed by atoms with Crippen molar-refractivity contribution in [3.63, 3.8) is 0 Å². The Hall–Kier alpha value is -0.0800. The predicted octanol–water partition coefficient (Wildman–Crippen LogP) is 5.81. The van der Waals surface area contributed by atoms with Gasteiger partial charge in [-0.1, -0.05) is 13.8 Å². The standard InChI is InChI=1S/C27H52N2/c1-19(28(4,5)6)23-12-13-24-22-11-10-20-18-21(29(7,8)9)14-16-26(20,2)25(22)15-17-27(23,24)3/h19-25H,10-18H2,1-9H3/q+2/t19-,20-,21-,22-,23+,24-,25-,26-,27+/m0/s1. The Morgan fingerprint density at radius 2 is 1.34 bits per heavy atom. The molecule has 0 amide bonds. The molecular weight excluding hydrogens is 352 g/mol. The molecule has 0 heterocycles. The van der Waals surface area contributed by atoms with E-state index in [0.717, 1.165) is 46.2 Å². The lowest BCUT2D eigenvalue weighted by Crippen LogP contribution is -2.58. The largest absolute Gasteiger partial charge is 0.328 e. The molecule has 2 heteroatoms. The van der Waals surface area contributed by atoms with Crippen LogP contribution in [0, 0.1) is 40.4 Å². The first kappa shape index (κ1) is 22.1. The van der Waals surface area contributed by atoms with E-state index in [-0.39, 0.29) is 0 Å². The quantitative estimate of drug-likeness (QED) is 0.520. The van der Waals surface area contributed by atoms with Gasteiger partial charge < -0.3 is 8.97 Å². The average molecular weight is 405 g/mol. The molecule has 168 valence electrons. The van der Waals surface area contributed by atoms with Gasteiger partial charge in [0.1, 0.15) is 0 Å². The number of rotatable bonds is 3. The van der Waals surface area contributed by atoms with Crippen molar-refractivity contribution in [2.45, 2.75) is 90.6 Å². The van der Waals surface area contributed by atoms with Gasteiger partial charge in [0.15, 0.2) is 0 Å². The van der Waals surface area contributed by atoms with Crippen molar-refractivity contribution in [1.29, 1.82) is 0 Å². The SMILES string of the molecule is C[C@@H]([C@H]1CC[C@H]2[C@@H]3CC[C@H]4C[C@@H]([N+](C)(C)C)CC[C@]4(C)[C@H]3CC[C@]12C)[N+](C)(C)C. The third-order valence-corrected chi connectivity index (χ3v) is 11.6. The van der Waals surface area contributed by atoms with Gasteiger partial charge in [0.2, 0.25) is 0 Å². The summed E-state index contributed by atoms with van der Waals surface area (Å²) >= 11 is 0. The maximum atomic E-state index is 2.74. The van der Waals surface area contributed by atoms with Crippen molar-refractivity contribution in [1.82, 2.24) is 0 Å². The van der Waals surface area contributed by atoms with E-state index in [1.165, 1.54) is 55.8 Å². The summed E-state index contributed by atoms with van der Waals surface area (Å²) in [5.74, 6) is 4.97. The predicted molar refractivity (Wildman–Crippen MR) is 125 cm³/mol. The summed E-state index contributed by atoms with van der Waals surface area (Å²) in [6.07, 6.45) is 13.6. The monoisotopic (exact) mass is 404 g/mol. The van der Waals surface area contributed by atoms with Crippen LogP contribution in [0.2, 0.25) is 0 Å². The topological polar surface area (TPSA) is 0 Å². The van der Waals surface area contributed by atoms with Gasteiger partial charge in [-0.3, -0.25) is 0 Å². The van der Waals surface area contributed by atoms with E-state index in [4.69, 9.17) is 0 Å². The van der Waals surface area contributed by atoms with E-state index < -0.39 is 0 Å². The van der Waals surface area contributed by atoms with Gasteiger partial charge >= 0.3 is 0 Å². The molecule has 29 heavy (non-hydrogen) atoms. The second-order valence-electron chi connectivity index (χ2n) is 14.3. The lowest BCUT2D eigenvalue weighted by atomic mass is 9.44. The summed E-state index contributed by atoms with van der Waals surface area (Å²) in [6.45, 7) is 8.01. The lowest BCUT2D eigenvalue weighted by Gasteiger charge is -2.62. The van der Waals surface area contributed by atoms with Crippen molar-refractivity contribution < 1.29 is 8.97 Å². The first-order chi connectivity index (χ1) is 13.3. The highest BCUT2D eigenvalue weighted by Gasteiger charge is 2.62. The molecule has 0 aromatic carbocycles. The average Bonchev–Trinajstić information content (AvgIpc) is 2.95. The van der Waals surface area contributed by atoms with Gasteiger partial charge in [-0.25, -0.2) is 0 Å². The van der Waals surface area contributed by atoms with E-state index in [9.17, 15) is 0 Å². The van der Waals surface area contributed by atoms with Crippen LogP contribution in [0.3, 0.4) is 0 Å². The molecule has 0 bridgehead atoms. The summed E-state index contributed by atoms with van der Waals surface area (Å²) in [5.41, 5.74) is 1.24. The van der Waals surface area contributed by atoms with Gasteiger partial charge in [-0.2, -0.15) is 0 Å². The molecule has 2 nitrogen and oxygen atoms in total. The van der Waals surface area contributed by atoms with Crippen LogP contribution in [0.1, 0.15) is 78.6 Å². The smallest absolute Gasteiger partial charge is 0.0889 e. The van der Waals surface area contributed by atoms with E-state index in [2.05, 4.69) is 63.1 Å². The molecule has 4 rings (SSSR count). The highest BCUT2D eigenvalue weighted by atomic mass is 15.3. The van der Waals surface area contributed by atoms with Crippen molar-refractivity contribution in [2.75, 3.05) is 42.3 Å². The minimum Gasteiger partial charge on any atom is -0.328 e. The molecule has 0 aliphatic heterocycles. The van der Waals surface area contributed by atoms with Crippen LogP contribution in [0.25, 0.3) is 0 Å². The van der Waals surface area contributed by atoms with E-state index >= 15 is 0 Å². The van der Waals surface area contributed by atoms with Crippen molar-refractivity contribution in [3.8, 4) is 0 Å². The van der Waals surface area contributed by atoms with Crippen LogP contribution in [-0.2, 0) is 0 Å². The Bertz CT molecular complexity index is 613. The van der Waals surface area contributed by atoms with Gasteiger partial charge in [0.05, 0.1) is 54.4 Å². The molecule has 0 N–H and O–H groups in total. The van der Waals surface area contributed by atoms with Gasteiger partial charge in [-0.05, 0) is 92.8 Å². The molecule has 0 saturated heterocycles. The van der Waals surface area contributed by atoms with Crippen LogP contribution in [0.5, 0.6) is 0 Å². The molecule has 0 aromatic rings. The van der Waals surface area contributed by atoms with Gasteiger partial charge in [-0.15, -0.1) is 0 Å². The maximum Gasteiger partial charge on any atom is 0.0889 e. The molecule has 0 radical (unpaired) electrons. The first-order valence-electron chi connectivity index (χ1n) is 12.9. The summed E-state index contributed by atoms with van der Waals surface area (Å²) < 4.78 is 2.30. The zero-order valence-electron chi connectivity index (χ0n) is 21.3. The number of hydrogen-bond donors (Lipinski definition) is 0. The minimum absolute atomic E-state index is 0.606. The summed E-state index contributed by atoms with van der Waals surface area (Å²) in [7, 11) is 14.6. The van der Waals surface area contributed by atoms with Gasteiger partial charge in [0.25, 0.3) is 0 Å². The molecule has 0 spiro atoms. The highest BCUT2D eigenvalue weighted by Crippen LogP contribution is 2.68. The molecule has 4 aliphatic rings. The number of fused-ring (bicyclic) bond motifs is 5. The number of quaternary nitrogens is 2. The summed E-state index contributed by atoms with van der Waals surface area (Å²) in [5, 5.41) is 0. The fourth-order valence-corrected chi connectivity index (χ4v) is 9.31. The molecule has 0 unspecified atom stereocenters. The third kappa shape index (κ3) is 3.43. The molecule has 4 saturated carbocycles. The first-order valence-corrected chi connectivity index (χ1v) is 12.9. The van der Waals surface area contributed by atoms with E-state index in [1.54, 1.807) is 6.42 Å². The fraction of sp³-hybridized carbons (Fsp3) is 1.00. The third-order valence-electron chi connectivity index (χ3n) is 11.6. The van der Waals surface area contributed by atoms with E-state index in [0.29, 0.717) is 10.8 Å². The summed E-state index contributed by atoms with van der Waals surface area (Å²) in [4.78, 5) is 0. The van der Waals surface area contributed by atoms with Crippen molar-refractivity contribution >= 4 is 0 Å². The van der Waals surface area contributed by atoms with Crippen LogP contribution in [0.4, 0.5) is 0 Å². The summed E-state index contributed by atoms with van der Waals surface area (Å²) in [6, 6.07) is 1.67. The Balaban J connectivity index is 1.55. The Morgan fingerprint density at radius 3 is 1.97 bits per heavy atom. The van der Waals surface area contributed by atoms with Crippen molar-refractivity contribution in [3.05, 3.63) is 0 Å². The molecule has 4 fully saturated rings. The van der Waals surface area contributed by atoms with Crippen LogP contribution >= 0.6 is 0 Å². The molecule has 4 aliphatic carbocycles. The lowest BCUT2D eigenvalue weighted by molar-refractivity contribution is -0.899. The molecule has 0 aromatic heterocycles. The fourth-order valence-electron chi connectivity index (χ4n) is 9.31. The van der Waals surface area contributed by atoms with Crippen LogP contribution in [-0.4, -0.2) is 63.3 Å². The Labute approximate surface area is 182 Å². The minimum atomic E-state index is 0.606. The zero-order chi connectivity index (χ0) is 21.4. The molecular formula is C27H52N2+2. The Morgan fingerprint density at radius 1 is 0.724 bits per heavy atom. The van der Waals surface area contributed by atoms with Crippen LogP contribution in [0.15, 0.2) is 0 Å². The highest BCUT2D eigenvalue weighted by molar-refractivity contribution is 5.10.